The Bertz CT molecular complexity index is 1230. The number of hydrogen-bond acceptors (Lipinski definition) is 3. The van der Waals surface area contributed by atoms with Gasteiger partial charge < -0.3 is 5.11 Å². The van der Waals surface area contributed by atoms with Crippen molar-refractivity contribution in [2.75, 3.05) is 0 Å². The van der Waals surface area contributed by atoms with E-state index in [9.17, 15) is 9.90 Å². The summed E-state index contributed by atoms with van der Waals surface area (Å²) in [6.07, 6.45) is 3.71. The number of benzene rings is 3. The average Bonchev–Trinajstić information content (AvgIpc) is 2.66. The van der Waals surface area contributed by atoms with Crippen molar-refractivity contribution in [2.24, 2.45) is 0 Å². The van der Waals surface area contributed by atoms with E-state index in [4.69, 9.17) is 0 Å². The Balaban J connectivity index is 1.95. The van der Waals surface area contributed by atoms with Gasteiger partial charge in [0, 0.05) is 10.5 Å². The maximum Gasteiger partial charge on any atom is 0.266 e. The third-order valence-corrected chi connectivity index (χ3v) is 4.66. The Morgan fingerprint density at radius 2 is 1.74 bits per heavy atom. The predicted octanol–water partition coefficient (Wildman–Crippen LogP) is 5.02. The van der Waals surface area contributed by atoms with Crippen molar-refractivity contribution in [3.8, 4) is 11.4 Å². The molecular formula is C22H15BrN2O2. The van der Waals surface area contributed by atoms with E-state index in [-0.39, 0.29) is 11.3 Å². The second-order valence-corrected chi connectivity index (χ2v) is 6.95. The molecule has 4 nitrogen and oxygen atoms in total. The smallest absolute Gasteiger partial charge is 0.266 e. The normalized spacial score (nSPS) is 11.3. The molecule has 0 unspecified atom stereocenters. The van der Waals surface area contributed by atoms with Gasteiger partial charge in [0.1, 0.15) is 11.6 Å². The van der Waals surface area contributed by atoms with E-state index in [1.807, 2.05) is 48.5 Å². The van der Waals surface area contributed by atoms with E-state index in [1.165, 1.54) is 4.57 Å². The van der Waals surface area contributed by atoms with Gasteiger partial charge in [-0.1, -0.05) is 52.3 Å². The largest absolute Gasteiger partial charge is 0.508 e. The Morgan fingerprint density at radius 3 is 2.56 bits per heavy atom. The molecule has 0 bridgehead atoms. The van der Waals surface area contributed by atoms with Crippen LogP contribution in [0, 0.1) is 0 Å². The summed E-state index contributed by atoms with van der Waals surface area (Å²) in [6, 6.07) is 21.7. The molecule has 0 saturated heterocycles. The molecule has 0 amide bonds. The highest BCUT2D eigenvalue weighted by Gasteiger charge is 2.11. The van der Waals surface area contributed by atoms with Crippen LogP contribution in [0.15, 0.2) is 82.1 Å². The molecule has 0 radical (unpaired) electrons. The zero-order valence-electron chi connectivity index (χ0n) is 14.2. The van der Waals surface area contributed by atoms with Gasteiger partial charge in [-0.15, -0.1) is 0 Å². The Hall–Kier alpha value is -3.18. The van der Waals surface area contributed by atoms with Crippen molar-refractivity contribution in [3.05, 3.63) is 99.0 Å². The summed E-state index contributed by atoms with van der Waals surface area (Å²) in [7, 11) is 0. The van der Waals surface area contributed by atoms with Crippen molar-refractivity contribution in [3.63, 3.8) is 0 Å². The SMILES string of the molecule is O=c1c2ccccc2nc(/C=C/c2cccc(Br)c2)n1-c1cccc(O)c1. The van der Waals surface area contributed by atoms with Crippen LogP contribution in [0.3, 0.4) is 0 Å². The van der Waals surface area contributed by atoms with Crippen LogP contribution in [0.25, 0.3) is 28.7 Å². The standard InChI is InChI=1S/C22H15BrN2O2/c23-16-6-3-5-15(13-16)11-12-21-24-20-10-2-1-9-19(20)22(27)25(21)17-7-4-8-18(26)14-17/h1-14,26H/b12-11+. The third kappa shape index (κ3) is 3.55. The maximum atomic E-state index is 13.1. The van der Waals surface area contributed by atoms with Crippen molar-refractivity contribution < 1.29 is 5.11 Å². The molecule has 0 aliphatic carbocycles. The fourth-order valence-corrected chi connectivity index (χ4v) is 3.34. The lowest BCUT2D eigenvalue weighted by Crippen LogP contribution is -2.22. The van der Waals surface area contributed by atoms with Crippen LogP contribution >= 0.6 is 15.9 Å². The first-order chi connectivity index (χ1) is 13.1. The number of halogens is 1. The van der Waals surface area contributed by atoms with Gasteiger partial charge in [0.15, 0.2) is 0 Å². The third-order valence-electron chi connectivity index (χ3n) is 4.16. The van der Waals surface area contributed by atoms with Gasteiger partial charge >= 0.3 is 0 Å². The summed E-state index contributed by atoms with van der Waals surface area (Å²) < 4.78 is 2.48. The molecule has 3 aromatic carbocycles. The van der Waals surface area contributed by atoms with E-state index in [0.29, 0.717) is 22.4 Å². The molecule has 0 aliphatic rings. The van der Waals surface area contributed by atoms with Crippen molar-refractivity contribution >= 4 is 39.0 Å². The fraction of sp³-hybridized carbons (Fsp3) is 0. The van der Waals surface area contributed by atoms with Gasteiger partial charge in [-0.2, -0.15) is 0 Å². The van der Waals surface area contributed by atoms with E-state index in [0.717, 1.165) is 10.0 Å². The van der Waals surface area contributed by atoms with E-state index >= 15 is 0 Å². The molecule has 0 fully saturated rings. The van der Waals surface area contributed by atoms with Crippen LogP contribution in [-0.2, 0) is 0 Å². The van der Waals surface area contributed by atoms with Gasteiger partial charge in [-0.05, 0) is 48.0 Å². The van der Waals surface area contributed by atoms with Gasteiger partial charge in [0.25, 0.3) is 5.56 Å². The highest BCUT2D eigenvalue weighted by Crippen LogP contribution is 2.19. The quantitative estimate of drug-likeness (QED) is 0.507. The summed E-state index contributed by atoms with van der Waals surface area (Å²) in [5.41, 5.74) is 1.99. The Kier molecular flexibility index (Phi) is 4.60. The molecule has 0 atom stereocenters. The number of rotatable bonds is 3. The molecule has 5 heteroatoms. The van der Waals surface area contributed by atoms with Crippen LogP contribution in [0.4, 0.5) is 0 Å². The number of fused-ring (bicyclic) bond motifs is 1. The summed E-state index contributed by atoms with van der Waals surface area (Å²) in [4.78, 5) is 17.8. The topological polar surface area (TPSA) is 55.1 Å². The van der Waals surface area contributed by atoms with Crippen molar-refractivity contribution in [2.45, 2.75) is 0 Å². The fourth-order valence-electron chi connectivity index (χ4n) is 2.92. The van der Waals surface area contributed by atoms with Crippen LogP contribution in [-0.4, -0.2) is 14.7 Å². The van der Waals surface area contributed by atoms with E-state index in [2.05, 4.69) is 20.9 Å². The van der Waals surface area contributed by atoms with Gasteiger partial charge in [-0.3, -0.25) is 9.36 Å². The molecule has 132 valence electrons. The molecule has 27 heavy (non-hydrogen) atoms. The van der Waals surface area contributed by atoms with Crippen molar-refractivity contribution in [1.29, 1.82) is 0 Å². The molecule has 1 aromatic heterocycles. The summed E-state index contributed by atoms with van der Waals surface area (Å²) in [5, 5.41) is 10.4. The number of phenols is 1. The maximum absolute atomic E-state index is 13.1. The summed E-state index contributed by atoms with van der Waals surface area (Å²) >= 11 is 3.46. The second-order valence-electron chi connectivity index (χ2n) is 6.04. The molecule has 0 saturated carbocycles. The molecule has 1 N–H and O–H groups in total. The van der Waals surface area contributed by atoms with Crippen molar-refractivity contribution in [1.82, 2.24) is 9.55 Å². The highest BCUT2D eigenvalue weighted by molar-refractivity contribution is 9.10. The number of aromatic nitrogens is 2. The molecule has 1 heterocycles. The number of para-hydroxylation sites is 1. The lowest BCUT2D eigenvalue weighted by atomic mass is 10.2. The zero-order chi connectivity index (χ0) is 18.8. The van der Waals surface area contributed by atoms with Crippen LogP contribution in [0.5, 0.6) is 5.75 Å². The van der Waals surface area contributed by atoms with Crippen LogP contribution in [0.1, 0.15) is 11.4 Å². The lowest BCUT2D eigenvalue weighted by Gasteiger charge is -2.11. The predicted molar refractivity (Wildman–Crippen MR) is 112 cm³/mol. The monoisotopic (exact) mass is 418 g/mol. The van der Waals surface area contributed by atoms with Gasteiger partial charge in [0.05, 0.1) is 16.6 Å². The van der Waals surface area contributed by atoms with E-state index in [1.54, 1.807) is 36.4 Å². The average molecular weight is 419 g/mol. The van der Waals surface area contributed by atoms with Gasteiger partial charge in [-0.25, -0.2) is 4.98 Å². The van der Waals surface area contributed by atoms with Crippen LogP contribution < -0.4 is 5.56 Å². The number of phenolic OH excluding ortho intramolecular Hbond substituents is 1. The first-order valence-corrected chi connectivity index (χ1v) is 9.16. The Labute approximate surface area is 164 Å². The van der Waals surface area contributed by atoms with Gasteiger partial charge in [0.2, 0.25) is 0 Å². The second kappa shape index (κ2) is 7.21. The Morgan fingerprint density at radius 1 is 0.926 bits per heavy atom. The molecular weight excluding hydrogens is 404 g/mol. The molecule has 0 aliphatic heterocycles. The molecule has 0 spiro atoms. The molecule has 4 rings (SSSR count). The zero-order valence-corrected chi connectivity index (χ0v) is 15.8. The summed E-state index contributed by atoms with van der Waals surface area (Å²) in [6.45, 7) is 0. The minimum absolute atomic E-state index is 0.0921. The lowest BCUT2D eigenvalue weighted by molar-refractivity contribution is 0.475. The minimum Gasteiger partial charge on any atom is -0.508 e. The van der Waals surface area contributed by atoms with E-state index < -0.39 is 0 Å². The first kappa shape index (κ1) is 17.2. The first-order valence-electron chi connectivity index (χ1n) is 8.37. The summed E-state index contributed by atoms with van der Waals surface area (Å²) in [5.74, 6) is 0.582. The highest BCUT2D eigenvalue weighted by atomic mass is 79.9. The number of aromatic hydroxyl groups is 1. The number of nitrogens with zero attached hydrogens (tertiary/aromatic N) is 2. The number of hydrogen-bond donors (Lipinski definition) is 1. The van der Waals surface area contributed by atoms with Crippen LogP contribution in [0.2, 0.25) is 0 Å². The minimum atomic E-state index is -0.180. The molecule has 4 aromatic rings.